The number of thioether (sulfide) groups is 1. The Morgan fingerprint density at radius 1 is 1.33 bits per heavy atom. The van der Waals surface area contributed by atoms with Gasteiger partial charge in [-0.15, -0.1) is 21.5 Å². The van der Waals surface area contributed by atoms with Crippen LogP contribution in [0.5, 0.6) is 0 Å². The number of benzene rings is 1. The summed E-state index contributed by atoms with van der Waals surface area (Å²) in [5.41, 5.74) is 0.488. The van der Waals surface area contributed by atoms with Gasteiger partial charge in [-0.2, -0.15) is 0 Å². The first-order valence-corrected chi connectivity index (χ1v) is 9.94. The summed E-state index contributed by atoms with van der Waals surface area (Å²) in [5, 5.41) is 24.2. The SMILES string of the molecule is CCn1c(SC(C)C(=O)Nc2ccc([N+](=O)[O-])cc2)nnc1-c1cccs1. The van der Waals surface area contributed by atoms with Crippen molar-refractivity contribution in [3.63, 3.8) is 0 Å². The number of nitro groups is 1. The first kappa shape index (κ1) is 19.1. The molecule has 3 aromatic rings. The lowest BCUT2D eigenvalue weighted by atomic mass is 10.3. The van der Waals surface area contributed by atoms with Crippen molar-refractivity contribution in [2.75, 3.05) is 5.32 Å². The van der Waals surface area contributed by atoms with Gasteiger partial charge in [-0.3, -0.25) is 14.9 Å². The summed E-state index contributed by atoms with van der Waals surface area (Å²) in [5.74, 6) is 0.579. The third kappa shape index (κ3) is 4.34. The lowest BCUT2D eigenvalue weighted by Gasteiger charge is -2.12. The predicted molar refractivity (Wildman–Crippen MR) is 106 cm³/mol. The molecule has 0 saturated heterocycles. The zero-order chi connectivity index (χ0) is 19.4. The fourth-order valence-electron chi connectivity index (χ4n) is 2.37. The fraction of sp³-hybridized carbons (Fsp3) is 0.235. The van der Waals surface area contributed by atoms with E-state index in [1.807, 2.05) is 29.0 Å². The number of non-ortho nitro benzene ring substituents is 1. The highest BCUT2D eigenvalue weighted by Gasteiger charge is 2.21. The minimum atomic E-state index is -0.479. The van der Waals surface area contributed by atoms with Crippen LogP contribution < -0.4 is 5.32 Å². The molecule has 1 atom stereocenters. The van der Waals surface area contributed by atoms with Gasteiger partial charge in [-0.05, 0) is 37.4 Å². The maximum absolute atomic E-state index is 12.4. The monoisotopic (exact) mass is 403 g/mol. The Kier molecular flexibility index (Phi) is 5.87. The Balaban J connectivity index is 1.68. The Morgan fingerprint density at radius 2 is 2.07 bits per heavy atom. The summed E-state index contributed by atoms with van der Waals surface area (Å²) < 4.78 is 1.98. The molecule has 3 rings (SSSR count). The lowest BCUT2D eigenvalue weighted by molar-refractivity contribution is -0.384. The van der Waals surface area contributed by atoms with Crippen LogP contribution in [0.2, 0.25) is 0 Å². The zero-order valence-electron chi connectivity index (χ0n) is 14.7. The molecule has 1 aromatic carbocycles. The quantitative estimate of drug-likeness (QED) is 0.363. The molecule has 0 radical (unpaired) electrons. The van der Waals surface area contributed by atoms with E-state index in [0.717, 1.165) is 10.7 Å². The first-order chi connectivity index (χ1) is 13.0. The van der Waals surface area contributed by atoms with Crippen molar-refractivity contribution >= 4 is 40.4 Å². The lowest BCUT2D eigenvalue weighted by Crippen LogP contribution is -2.22. The topological polar surface area (TPSA) is 103 Å². The van der Waals surface area contributed by atoms with Crippen LogP contribution in [0.15, 0.2) is 46.9 Å². The number of thiophene rings is 1. The average Bonchev–Trinajstić information content (AvgIpc) is 3.31. The van der Waals surface area contributed by atoms with E-state index in [0.29, 0.717) is 17.4 Å². The average molecular weight is 403 g/mol. The smallest absolute Gasteiger partial charge is 0.269 e. The Bertz CT molecular complexity index is 938. The number of aromatic nitrogens is 3. The van der Waals surface area contributed by atoms with E-state index >= 15 is 0 Å². The normalized spacial score (nSPS) is 11.9. The van der Waals surface area contributed by atoms with Crippen molar-refractivity contribution in [3.8, 4) is 10.7 Å². The van der Waals surface area contributed by atoms with Crippen molar-refractivity contribution in [1.82, 2.24) is 14.8 Å². The summed E-state index contributed by atoms with van der Waals surface area (Å²) in [4.78, 5) is 23.7. The predicted octanol–water partition coefficient (Wildman–Crippen LogP) is 4.05. The van der Waals surface area contributed by atoms with Gasteiger partial charge >= 0.3 is 0 Å². The molecule has 140 valence electrons. The Morgan fingerprint density at radius 3 is 2.67 bits per heavy atom. The summed E-state index contributed by atoms with van der Waals surface area (Å²) in [6.07, 6.45) is 0. The highest BCUT2D eigenvalue weighted by molar-refractivity contribution is 8.00. The second-order valence-corrected chi connectivity index (χ2v) is 7.84. The van der Waals surface area contributed by atoms with Gasteiger partial charge < -0.3 is 9.88 Å². The van der Waals surface area contributed by atoms with E-state index in [9.17, 15) is 14.9 Å². The number of carbonyl (C=O) groups excluding carboxylic acids is 1. The molecule has 8 nitrogen and oxygen atoms in total. The van der Waals surface area contributed by atoms with Crippen LogP contribution >= 0.6 is 23.1 Å². The van der Waals surface area contributed by atoms with Gasteiger partial charge in [-0.25, -0.2) is 0 Å². The van der Waals surface area contributed by atoms with Crippen LogP contribution in [0.1, 0.15) is 13.8 Å². The molecular weight excluding hydrogens is 386 g/mol. The van der Waals surface area contributed by atoms with Gasteiger partial charge in [0.15, 0.2) is 11.0 Å². The standard InChI is InChI=1S/C17H17N5O3S2/c1-3-21-15(14-5-4-10-26-14)19-20-17(21)27-11(2)16(23)18-12-6-8-13(9-7-12)22(24)25/h4-11H,3H2,1-2H3,(H,18,23). The van der Waals surface area contributed by atoms with E-state index in [2.05, 4.69) is 15.5 Å². The largest absolute Gasteiger partial charge is 0.325 e. The molecule has 0 aliphatic carbocycles. The number of amides is 1. The summed E-state index contributed by atoms with van der Waals surface area (Å²) in [6.45, 7) is 4.48. The third-order valence-corrected chi connectivity index (χ3v) is 5.72. The number of nitrogens with one attached hydrogen (secondary N) is 1. The van der Waals surface area contributed by atoms with Crippen LogP contribution in [0.3, 0.4) is 0 Å². The molecule has 0 aliphatic heterocycles. The molecule has 27 heavy (non-hydrogen) atoms. The van der Waals surface area contributed by atoms with E-state index < -0.39 is 10.2 Å². The van der Waals surface area contributed by atoms with Gasteiger partial charge in [0.2, 0.25) is 5.91 Å². The van der Waals surface area contributed by atoms with E-state index in [-0.39, 0.29) is 11.6 Å². The van der Waals surface area contributed by atoms with Crippen molar-refractivity contribution in [1.29, 1.82) is 0 Å². The number of rotatable bonds is 7. The molecule has 0 spiro atoms. The molecule has 2 aromatic heterocycles. The minimum Gasteiger partial charge on any atom is -0.325 e. The van der Waals surface area contributed by atoms with Gasteiger partial charge in [0.25, 0.3) is 5.69 Å². The summed E-state index contributed by atoms with van der Waals surface area (Å²) in [7, 11) is 0. The number of anilines is 1. The molecule has 1 amide bonds. The summed E-state index contributed by atoms with van der Waals surface area (Å²) in [6, 6.07) is 9.68. The molecule has 0 aliphatic rings. The molecule has 0 bridgehead atoms. The number of nitrogens with zero attached hydrogens (tertiary/aromatic N) is 4. The molecule has 10 heteroatoms. The van der Waals surface area contributed by atoms with Crippen molar-refractivity contribution in [3.05, 3.63) is 51.9 Å². The van der Waals surface area contributed by atoms with Gasteiger partial charge in [0.1, 0.15) is 0 Å². The number of hydrogen-bond donors (Lipinski definition) is 1. The van der Waals surface area contributed by atoms with Crippen LogP contribution in [0.4, 0.5) is 11.4 Å². The molecular formula is C17H17N5O3S2. The van der Waals surface area contributed by atoms with Crippen molar-refractivity contribution in [2.24, 2.45) is 0 Å². The van der Waals surface area contributed by atoms with Gasteiger partial charge in [-0.1, -0.05) is 17.8 Å². The minimum absolute atomic E-state index is 0.0208. The fourth-order valence-corrected chi connectivity index (χ4v) is 4.00. The maximum atomic E-state index is 12.4. The van der Waals surface area contributed by atoms with E-state index in [1.165, 1.54) is 36.0 Å². The summed E-state index contributed by atoms with van der Waals surface area (Å²) >= 11 is 2.91. The Hall–Kier alpha value is -2.72. The highest BCUT2D eigenvalue weighted by Crippen LogP contribution is 2.29. The number of nitro benzene ring substituents is 1. The van der Waals surface area contributed by atoms with E-state index in [4.69, 9.17) is 0 Å². The molecule has 1 unspecified atom stereocenters. The van der Waals surface area contributed by atoms with Crippen molar-refractivity contribution < 1.29 is 9.72 Å². The molecule has 2 heterocycles. The van der Waals surface area contributed by atoms with Crippen LogP contribution in [-0.4, -0.2) is 30.8 Å². The highest BCUT2D eigenvalue weighted by atomic mass is 32.2. The number of carbonyl (C=O) groups is 1. The third-order valence-electron chi connectivity index (χ3n) is 3.77. The van der Waals surface area contributed by atoms with Gasteiger partial charge in [0, 0.05) is 24.4 Å². The molecule has 0 saturated carbocycles. The number of hydrogen-bond acceptors (Lipinski definition) is 7. The maximum Gasteiger partial charge on any atom is 0.269 e. The van der Waals surface area contributed by atoms with Crippen LogP contribution in [0.25, 0.3) is 10.7 Å². The zero-order valence-corrected chi connectivity index (χ0v) is 16.3. The molecule has 1 N–H and O–H groups in total. The van der Waals surface area contributed by atoms with Crippen LogP contribution in [-0.2, 0) is 11.3 Å². The van der Waals surface area contributed by atoms with Crippen LogP contribution in [0, 0.1) is 10.1 Å². The Labute approximate surface area is 163 Å². The first-order valence-electron chi connectivity index (χ1n) is 8.18. The van der Waals surface area contributed by atoms with Crippen molar-refractivity contribution in [2.45, 2.75) is 30.8 Å². The molecule has 0 fully saturated rings. The van der Waals surface area contributed by atoms with Gasteiger partial charge in [0.05, 0.1) is 15.1 Å². The second kappa shape index (κ2) is 8.31. The second-order valence-electron chi connectivity index (χ2n) is 5.58. The van der Waals surface area contributed by atoms with E-state index in [1.54, 1.807) is 18.3 Å².